The summed E-state index contributed by atoms with van der Waals surface area (Å²) in [6.07, 6.45) is 0. The highest BCUT2D eigenvalue weighted by Gasteiger charge is 2.26. The highest BCUT2D eigenvalue weighted by molar-refractivity contribution is 7.92. The normalized spacial score (nSPS) is 14.2. The van der Waals surface area contributed by atoms with Crippen molar-refractivity contribution in [2.24, 2.45) is 0 Å². The Morgan fingerprint density at radius 3 is 2.26 bits per heavy atom. The number of nitrogens with zero attached hydrogens (tertiary/aromatic N) is 2. The number of aryl methyl sites for hydroxylation is 3. The first kappa shape index (κ1) is 25.4. The van der Waals surface area contributed by atoms with Crippen LogP contribution < -0.4 is 9.62 Å². The van der Waals surface area contributed by atoms with E-state index in [1.54, 1.807) is 17.0 Å². The molecule has 3 aromatic rings. The minimum absolute atomic E-state index is 0.0556. The zero-order chi connectivity index (χ0) is 25.3. The first-order chi connectivity index (χ1) is 16.5. The number of carbonyl (C=O) groups is 1. The van der Waals surface area contributed by atoms with E-state index in [-0.39, 0.29) is 21.4 Å². The lowest BCUT2D eigenvalue weighted by atomic mass is 10.1. The Morgan fingerprint density at radius 2 is 1.57 bits per heavy atom. The summed E-state index contributed by atoms with van der Waals surface area (Å²) in [6.45, 7) is 8.13. The number of piperazine rings is 1. The molecule has 1 amide bonds. The van der Waals surface area contributed by atoms with Crippen molar-refractivity contribution in [3.63, 3.8) is 0 Å². The molecule has 0 atom stereocenters. The van der Waals surface area contributed by atoms with Gasteiger partial charge in [-0.05, 0) is 68.3 Å². The Bertz CT molecular complexity index is 1380. The van der Waals surface area contributed by atoms with E-state index in [1.165, 1.54) is 12.1 Å². The fourth-order valence-corrected chi connectivity index (χ4v) is 6.05. The van der Waals surface area contributed by atoms with Gasteiger partial charge in [0.2, 0.25) is 0 Å². The molecule has 1 heterocycles. The highest BCUT2D eigenvalue weighted by Crippen LogP contribution is 2.28. The second-order valence-corrected chi connectivity index (χ2v) is 11.3. The lowest BCUT2D eigenvalue weighted by Gasteiger charge is -2.37. The first-order valence-corrected chi connectivity index (χ1v) is 13.5. The number of amides is 1. The van der Waals surface area contributed by atoms with E-state index in [0.717, 1.165) is 22.4 Å². The molecule has 3 aromatic carbocycles. The number of hydrogen-bond acceptors (Lipinski definition) is 4. The Hall–Kier alpha value is -2.74. The predicted molar refractivity (Wildman–Crippen MR) is 142 cm³/mol. The summed E-state index contributed by atoms with van der Waals surface area (Å²) >= 11 is 12.4. The fraction of sp³-hybridized carbons (Fsp3) is 0.269. The molecule has 1 aliphatic rings. The van der Waals surface area contributed by atoms with Crippen molar-refractivity contribution in [1.29, 1.82) is 0 Å². The smallest absolute Gasteiger partial charge is 0.263 e. The second-order valence-electron chi connectivity index (χ2n) is 8.78. The zero-order valence-corrected chi connectivity index (χ0v) is 22.1. The van der Waals surface area contributed by atoms with E-state index < -0.39 is 10.0 Å². The summed E-state index contributed by atoms with van der Waals surface area (Å²) in [5.74, 6) is -0.230. The van der Waals surface area contributed by atoms with Gasteiger partial charge in [0.1, 0.15) is 4.90 Å². The van der Waals surface area contributed by atoms with Crippen molar-refractivity contribution in [2.75, 3.05) is 35.8 Å². The quantitative estimate of drug-likeness (QED) is 0.459. The number of nitrogens with one attached hydrogen (secondary N) is 1. The van der Waals surface area contributed by atoms with Gasteiger partial charge >= 0.3 is 0 Å². The summed E-state index contributed by atoms with van der Waals surface area (Å²) in [5, 5.41) is 0.730. The lowest BCUT2D eigenvalue weighted by molar-refractivity contribution is 0.0746. The number of rotatable bonds is 5. The van der Waals surface area contributed by atoms with Crippen LogP contribution in [0.2, 0.25) is 10.0 Å². The molecular formula is C26H27Cl2N3O3S. The molecule has 1 N–H and O–H groups in total. The maximum atomic E-state index is 13.2. The SMILES string of the molecule is Cc1ccc(NS(=O)(=O)c2cc(C(=O)N3CCN(c4cc(Cl)ccc4C)CC3)ccc2Cl)c(C)c1. The van der Waals surface area contributed by atoms with Gasteiger partial charge in [-0.25, -0.2) is 8.42 Å². The van der Waals surface area contributed by atoms with Crippen LogP contribution in [0.15, 0.2) is 59.5 Å². The number of halogens is 2. The minimum atomic E-state index is -3.99. The van der Waals surface area contributed by atoms with Crippen LogP contribution in [0.3, 0.4) is 0 Å². The van der Waals surface area contributed by atoms with E-state index in [0.29, 0.717) is 36.9 Å². The topological polar surface area (TPSA) is 69.7 Å². The maximum Gasteiger partial charge on any atom is 0.263 e. The summed E-state index contributed by atoms with van der Waals surface area (Å²) in [4.78, 5) is 17.0. The average molecular weight is 532 g/mol. The van der Waals surface area contributed by atoms with Crippen LogP contribution in [0, 0.1) is 20.8 Å². The first-order valence-electron chi connectivity index (χ1n) is 11.2. The van der Waals surface area contributed by atoms with Crippen molar-refractivity contribution in [2.45, 2.75) is 25.7 Å². The molecule has 0 bridgehead atoms. The molecule has 1 aliphatic heterocycles. The van der Waals surface area contributed by atoms with Crippen LogP contribution in [0.5, 0.6) is 0 Å². The second kappa shape index (κ2) is 10.1. The molecular weight excluding hydrogens is 505 g/mol. The van der Waals surface area contributed by atoms with Gasteiger partial charge in [-0.3, -0.25) is 9.52 Å². The van der Waals surface area contributed by atoms with E-state index in [9.17, 15) is 13.2 Å². The van der Waals surface area contributed by atoms with Gasteiger partial charge in [-0.1, -0.05) is 47.0 Å². The fourth-order valence-electron chi connectivity index (χ4n) is 4.23. The van der Waals surface area contributed by atoms with Gasteiger partial charge in [-0.2, -0.15) is 0 Å². The lowest BCUT2D eigenvalue weighted by Crippen LogP contribution is -2.49. The summed E-state index contributed by atoms with van der Waals surface area (Å²) in [7, 11) is -3.99. The third kappa shape index (κ3) is 5.58. The van der Waals surface area contributed by atoms with Crippen molar-refractivity contribution in [3.05, 3.63) is 86.9 Å². The van der Waals surface area contributed by atoms with E-state index in [4.69, 9.17) is 23.2 Å². The molecule has 35 heavy (non-hydrogen) atoms. The summed E-state index contributed by atoms with van der Waals surface area (Å²) < 4.78 is 28.9. The number of benzene rings is 3. The summed E-state index contributed by atoms with van der Waals surface area (Å²) in [6, 6.07) is 15.6. The molecule has 1 fully saturated rings. The van der Waals surface area contributed by atoms with Gasteiger partial charge in [0.05, 0.1) is 10.7 Å². The Kier molecular flexibility index (Phi) is 7.31. The van der Waals surface area contributed by atoms with Crippen molar-refractivity contribution in [3.8, 4) is 0 Å². The Labute approximate surface area is 216 Å². The molecule has 0 radical (unpaired) electrons. The zero-order valence-electron chi connectivity index (χ0n) is 19.8. The standard InChI is InChI=1S/C26H27Cl2N3O3S/c1-17-4-9-23(19(3)14-17)29-35(33,34)25-15-20(6-8-22(25)28)26(32)31-12-10-30(11-13-31)24-16-21(27)7-5-18(24)2/h4-9,14-16,29H,10-13H2,1-3H3. The molecule has 0 aromatic heterocycles. The number of carbonyl (C=O) groups excluding carboxylic acids is 1. The molecule has 9 heteroatoms. The monoisotopic (exact) mass is 531 g/mol. The highest BCUT2D eigenvalue weighted by atomic mass is 35.5. The van der Waals surface area contributed by atoms with Crippen LogP contribution in [-0.4, -0.2) is 45.4 Å². The molecule has 0 unspecified atom stereocenters. The predicted octanol–water partition coefficient (Wildman–Crippen LogP) is 5.68. The van der Waals surface area contributed by atoms with Crippen LogP contribution in [0.25, 0.3) is 0 Å². The molecule has 6 nitrogen and oxygen atoms in total. The molecule has 0 saturated carbocycles. The van der Waals surface area contributed by atoms with E-state index in [2.05, 4.69) is 9.62 Å². The largest absolute Gasteiger partial charge is 0.368 e. The number of hydrogen-bond donors (Lipinski definition) is 1. The van der Waals surface area contributed by atoms with Gasteiger partial charge in [0.25, 0.3) is 15.9 Å². The van der Waals surface area contributed by atoms with Gasteiger partial charge < -0.3 is 9.80 Å². The van der Waals surface area contributed by atoms with Crippen molar-refractivity contribution < 1.29 is 13.2 Å². The van der Waals surface area contributed by atoms with E-state index in [1.807, 2.05) is 51.1 Å². The van der Waals surface area contributed by atoms with Gasteiger partial charge in [0, 0.05) is 42.5 Å². The molecule has 1 saturated heterocycles. The van der Waals surface area contributed by atoms with Crippen LogP contribution in [-0.2, 0) is 10.0 Å². The maximum absolute atomic E-state index is 13.2. The van der Waals surface area contributed by atoms with Crippen LogP contribution >= 0.6 is 23.2 Å². The van der Waals surface area contributed by atoms with Gasteiger partial charge in [0.15, 0.2) is 0 Å². The Morgan fingerprint density at radius 1 is 0.857 bits per heavy atom. The van der Waals surface area contributed by atoms with Gasteiger partial charge in [-0.15, -0.1) is 0 Å². The molecule has 4 rings (SSSR count). The minimum Gasteiger partial charge on any atom is -0.368 e. The van der Waals surface area contributed by atoms with E-state index >= 15 is 0 Å². The average Bonchev–Trinajstić information content (AvgIpc) is 2.82. The Balaban J connectivity index is 1.51. The van der Waals surface area contributed by atoms with Crippen LogP contribution in [0.4, 0.5) is 11.4 Å². The molecule has 0 aliphatic carbocycles. The number of sulfonamides is 1. The summed E-state index contributed by atoms with van der Waals surface area (Å²) in [5.41, 5.74) is 4.75. The molecule has 0 spiro atoms. The van der Waals surface area contributed by atoms with Crippen molar-refractivity contribution in [1.82, 2.24) is 4.90 Å². The molecule has 184 valence electrons. The third-order valence-electron chi connectivity index (χ3n) is 6.17. The van der Waals surface area contributed by atoms with Crippen molar-refractivity contribution >= 4 is 50.5 Å². The van der Waals surface area contributed by atoms with Crippen LogP contribution in [0.1, 0.15) is 27.0 Å². The third-order valence-corrected chi connectivity index (χ3v) is 8.25. The number of anilines is 2.